The molecule has 0 aliphatic rings. The van der Waals surface area contributed by atoms with E-state index in [9.17, 15) is 9.90 Å². The number of aliphatic carboxylic acids is 1. The fourth-order valence-electron chi connectivity index (χ4n) is 1.77. The van der Waals surface area contributed by atoms with Crippen LogP contribution in [0.4, 0.5) is 0 Å². The second-order valence-electron chi connectivity index (χ2n) is 6.11. The molecule has 0 radical (unpaired) electrons. The number of carboxylic acids is 1. The first kappa shape index (κ1) is 25.9. The van der Waals surface area contributed by atoms with Gasteiger partial charge in [-0.05, 0) is 46.5 Å². The number of hydrogen-bond acceptors (Lipinski definition) is 5. The average Bonchev–Trinajstić information content (AvgIpc) is 2.22. The molecule has 0 spiro atoms. The summed E-state index contributed by atoms with van der Waals surface area (Å²) in [6.45, 7) is 6.56. The molecule has 0 aliphatic heterocycles. The Balaban J connectivity index is -0.00000162. The summed E-state index contributed by atoms with van der Waals surface area (Å²) in [6, 6.07) is 0. The highest BCUT2D eigenvalue weighted by Crippen LogP contribution is 2.17. The third-order valence-corrected chi connectivity index (χ3v) is 2.99. The molecule has 0 rings (SSSR count). The second kappa shape index (κ2) is 11.5. The van der Waals surface area contributed by atoms with E-state index >= 15 is 0 Å². The predicted octanol–water partition coefficient (Wildman–Crippen LogP) is 1.03. The van der Waals surface area contributed by atoms with Gasteiger partial charge >= 0.3 is 13.1 Å². The quantitative estimate of drug-likeness (QED) is 0.314. The molecule has 0 saturated heterocycles. The van der Waals surface area contributed by atoms with Crippen molar-refractivity contribution >= 4 is 37.9 Å². The van der Waals surface area contributed by atoms with Gasteiger partial charge in [-0.2, -0.15) is 0 Å². The Bertz CT molecular complexity index is 291. The maximum atomic E-state index is 11.3. The number of unbranched alkanes of at least 4 members (excludes halogenated alkanes) is 1. The smallest absolute Gasteiger partial charge is 0.451 e. The fraction of sp³-hybridized carbons (Fsp3) is 0.917. The standard InChI is InChI=1S/C12H27BN2O4.2ClH/c1-11(2,3)15-9-7-12(14,10(16)17)6-4-5-8-13(18)19;;/h15,18-19H,4-9,14H2,1-3H3,(H,16,17);2*1H. The van der Waals surface area contributed by atoms with E-state index in [2.05, 4.69) is 5.32 Å². The number of rotatable bonds is 9. The van der Waals surface area contributed by atoms with Crippen molar-refractivity contribution in [2.45, 2.75) is 63.9 Å². The normalized spacial score (nSPS) is 13.6. The number of carbonyl (C=O) groups is 1. The maximum Gasteiger partial charge on any atom is 0.451 e. The van der Waals surface area contributed by atoms with Crippen LogP contribution < -0.4 is 11.1 Å². The van der Waals surface area contributed by atoms with Crippen LogP contribution in [0, 0.1) is 0 Å². The van der Waals surface area contributed by atoms with Gasteiger partial charge in [0.25, 0.3) is 0 Å². The van der Waals surface area contributed by atoms with Crippen molar-refractivity contribution in [3.05, 3.63) is 0 Å². The van der Waals surface area contributed by atoms with Crippen molar-refractivity contribution in [1.82, 2.24) is 5.32 Å². The minimum absolute atomic E-state index is 0. The minimum Gasteiger partial charge on any atom is -0.480 e. The van der Waals surface area contributed by atoms with E-state index in [1.807, 2.05) is 20.8 Å². The topological polar surface area (TPSA) is 116 Å². The molecule has 128 valence electrons. The molecule has 0 bridgehead atoms. The van der Waals surface area contributed by atoms with E-state index in [4.69, 9.17) is 15.8 Å². The maximum absolute atomic E-state index is 11.3. The molecule has 0 amide bonds. The van der Waals surface area contributed by atoms with Gasteiger partial charge in [0.2, 0.25) is 0 Å². The van der Waals surface area contributed by atoms with E-state index in [0.717, 1.165) is 0 Å². The predicted molar refractivity (Wildman–Crippen MR) is 90.3 cm³/mol. The van der Waals surface area contributed by atoms with E-state index in [-0.39, 0.29) is 36.7 Å². The molecule has 0 aromatic heterocycles. The lowest BCUT2D eigenvalue weighted by atomic mass is 9.81. The number of carboxylic acid groups (broad SMARTS) is 1. The average molecular weight is 347 g/mol. The Labute approximate surface area is 139 Å². The van der Waals surface area contributed by atoms with E-state index < -0.39 is 18.6 Å². The van der Waals surface area contributed by atoms with Crippen LogP contribution in [-0.2, 0) is 4.79 Å². The summed E-state index contributed by atoms with van der Waals surface area (Å²) in [7, 11) is -1.33. The van der Waals surface area contributed by atoms with Crippen LogP contribution >= 0.6 is 24.8 Å². The summed E-state index contributed by atoms with van der Waals surface area (Å²) in [5.74, 6) is -1.01. The van der Waals surface area contributed by atoms with Gasteiger partial charge < -0.3 is 26.2 Å². The first-order valence-electron chi connectivity index (χ1n) is 6.70. The van der Waals surface area contributed by atoms with E-state index in [1.165, 1.54) is 0 Å². The lowest BCUT2D eigenvalue weighted by molar-refractivity contribution is -0.144. The minimum atomic E-state index is -1.33. The zero-order valence-corrected chi connectivity index (χ0v) is 14.6. The number of nitrogens with one attached hydrogen (secondary N) is 1. The molecule has 9 heteroatoms. The molecule has 0 aliphatic carbocycles. The lowest BCUT2D eigenvalue weighted by Gasteiger charge is -2.27. The molecule has 0 aromatic rings. The Hall–Kier alpha value is -0.0451. The Morgan fingerprint density at radius 3 is 2.05 bits per heavy atom. The second-order valence-corrected chi connectivity index (χ2v) is 6.11. The molecule has 1 atom stereocenters. The molecular formula is C12H29BCl2N2O4. The zero-order chi connectivity index (χ0) is 15.1. The van der Waals surface area contributed by atoms with Crippen LogP contribution in [0.5, 0.6) is 0 Å². The summed E-state index contributed by atoms with van der Waals surface area (Å²) in [5.41, 5.74) is 4.60. The molecule has 21 heavy (non-hydrogen) atoms. The van der Waals surface area contributed by atoms with Crippen molar-refractivity contribution in [2.24, 2.45) is 5.73 Å². The largest absolute Gasteiger partial charge is 0.480 e. The SMILES string of the molecule is CC(C)(C)NCCC(N)(CCCCB(O)O)C(=O)O.Cl.Cl. The summed E-state index contributed by atoms with van der Waals surface area (Å²) in [6.07, 6.45) is 2.05. The number of nitrogens with two attached hydrogens (primary N) is 1. The van der Waals surface area contributed by atoms with Gasteiger partial charge in [0.1, 0.15) is 5.54 Å². The van der Waals surface area contributed by atoms with Crippen LogP contribution in [0.1, 0.15) is 46.5 Å². The molecule has 0 saturated carbocycles. The molecule has 6 N–H and O–H groups in total. The van der Waals surface area contributed by atoms with Crippen molar-refractivity contribution in [3.63, 3.8) is 0 Å². The van der Waals surface area contributed by atoms with E-state index in [1.54, 1.807) is 0 Å². The van der Waals surface area contributed by atoms with Crippen molar-refractivity contribution in [3.8, 4) is 0 Å². The monoisotopic (exact) mass is 346 g/mol. The third kappa shape index (κ3) is 13.3. The first-order valence-corrected chi connectivity index (χ1v) is 6.70. The molecule has 1 unspecified atom stereocenters. The van der Waals surface area contributed by atoms with Crippen molar-refractivity contribution < 1.29 is 19.9 Å². The van der Waals surface area contributed by atoms with Crippen molar-refractivity contribution in [1.29, 1.82) is 0 Å². The van der Waals surface area contributed by atoms with Gasteiger partial charge in [-0.1, -0.05) is 12.8 Å². The summed E-state index contributed by atoms with van der Waals surface area (Å²) >= 11 is 0. The van der Waals surface area contributed by atoms with E-state index in [0.29, 0.717) is 32.2 Å². The highest BCUT2D eigenvalue weighted by atomic mass is 35.5. The Morgan fingerprint density at radius 1 is 1.14 bits per heavy atom. The molecule has 6 nitrogen and oxygen atoms in total. The van der Waals surface area contributed by atoms with Crippen molar-refractivity contribution in [2.75, 3.05) is 6.54 Å². The van der Waals surface area contributed by atoms with Gasteiger partial charge in [0, 0.05) is 5.54 Å². The van der Waals surface area contributed by atoms with Crippen LogP contribution in [-0.4, -0.2) is 45.9 Å². The third-order valence-electron chi connectivity index (χ3n) is 2.99. The van der Waals surface area contributed by atoms with Gasteiger partial charge in [-0.3, -0.25) is 4.79 Å². The zero-order valence-electron chi connectivity index (χ0n) is 13.0. The van der Waals surface area contributed by atoms with Crippen LogP contribution in [0.25, 0.3) is 0 Å². The number of hydrogen-bond donors (Lipinski definition) is 5. The first-order chi connectivity index (χ1) is 8.57. The van der Waals surface area contributed by atoms with Crippen LogP contribution in [0.15, 0.2) is 0 Å². The highest BCUT2D eigenvalue weighted by Gasteiger charge is 2.33. The number of halogens is 2. The molecular weight excluding hydrogens is 318 g/mol. The Morgan fingerprint density at radius 2 is 1.67 bits per heavy atom. The molecule has 0 aromatic carbocycles. The van der Waals surface area contributed by atoms with Gasteiger partial charge in [-0.15, -0.1) is 24.8 Å². The highest BCUT2D eigenvalue weighted by molar-refractivity contribution is 6.40. The van der Waals surface area contributed by atoms with Gasteiger partial charge in [-0.25, -0.2) is 0 Å². The van der Waals surface area contributed by atoms with Crippen LogP contribution in [0.3, 0.4) is 0 Å². The summed E-state index contributed by atoms with van der Waals surface area (Å²) < 4.78 is 0. The molecule has 0 fully saturated rings. The summed E-state index contributed by atoms with van der Waals surface area (Å²) in [5, 5.41) is 29.9. The Kier molecular flexibility index (Phi) is 14.2. The lowest BCUT2D eigenvalue weighted by Crippen LogP contribution is -2.51. The van der Waals surface area contributed by atoms with Crippen LogP contribution in [0.2, 0.25) is 6.32 Å². The summed E-state index contributed by atoms with van der Waals surface area (Å²) in [4.78, 5) is 11.3. The van der Waals surface area contributed by atoms with Gasteiger partial charge in [0.05, 0.1) is 0 Å². The fourth-order valence-corrected chi connectivity index (χ4v) is 1.77. The van der Waals surface area contributed by atoms with Gasteiger partial charge in [0.15, 0.2) is 0 Å². The molecule has 0 heterocycles.